The predicted molar refractivity (Wildman–Crippen MR) is 177 cm³/mol. The Labute approximate surface area is 268 Å². The largest absolute Gasteiger partial charge is 0.486 e. The van der Waals surface area contributed by atoms with Crippen LogP contribution in [0.2, 0.25) is 5.02 Å². The van der Waals surface area contributed by atoms with Gasteiger partial charge in [0.25, 0.3) is 5.56 Å². The van der Waals surface area contributed by atoms with Crippen molar-refractivity contribution in [2.75, 3.05) is 0 Å². The second kappa shape index (κ2) is 11.5. The smallest absolute Gasteiger partial charge is 0.271 e. The second-order valence-electron chi connectivity index (χ2n) is 10.2. The molecule has 0 saturated heterocycles. The van der Waals surface area contributed by atoms with Crippen LogP contribution in [0.25, 0.3) is 11.8 Å². The van der Waals surface area contributed by atoms with Crippen molar-refractivity contribution in [1.82, 2.24) is 4.57 Å². The molecule has 1 atom stereocenters. The first kappa shape index (κ1) is 27.6. The van der Waals surface area contributed by atoms with Gasteiger partial charge in [0.05, 0.1) is 25.2 Å². The molecule has 1 aliphatic carbocycles. The van der Waals surface area contributed by atoms with Gasteiger partial charge in [0.15, 0.2) is 4.80 Å². The summed E-state index contributed by atoms with van der Waals surface area (Å²) in [6, 6.07) is 30.1. The van der Waals surface area contributed by atoms with Gasteiger partial charge in [-0.3, -0.25) is 9.36 Å². The van der Waals surface area contributed by atoms with Gasteiger partial charge in [-0.25, -0.2) is 4.99 Å². The lowest BCUT2D eigenvalue weighted by atomic mass is 9.83. The molecular weight excluding hydrogens is 696 g/mol. The Kier molecular flexibility index (Phi) is 7.53. The Morgan fingerprint density at radius 2 is 1.67 bits per heavy atom. The molecule has 0 bridgehead atoms. The summed E-state index contributed by atoms with van der Waals surface area (Å²) < 4.78 is 10.2. The molecule has 4 nitrogen and oxygen atoms in total. The van der Waals surface area contributed by atoms with Crippen LogP contribution in [-0.4, -0.2) is 4.57 Å². The highest BCUT2D eigenvalue weighted by Crippen LogP contribution is 2.41. The summed E-state index contributed by atoms with van der Waals surface area (Å²) in [6.45, 7) is 0.335. The topological polar surface area (TPSA) is 43.6 Å². The van der Waals surface area contributed by atoms with Gasteiger partial charge in [0.1, 0.15) is 12.4 Å². The van der Waals surface area contributed by atoms with Crippen LogP contribution in [0.4, 0.5) is 0 Å². The standard InChI is InChI=1S/C34H23Br2ClN2O2S/c35-26-16-20(17-27(36)32(26)41-19-23-11-5-7-13-28(23)37)18-29-33(40)39-31(22-9-2-1-3-10-22)25-15-14-21-8-4-6-12-24(21)30(25)38-34(39)42-29/h1-13,16-18,31H,14-15,19H2/b29-18+/t31-/m1/s1. The zero-order chi connectivity index (χ0) is 28.8. The first-order valence-corrected chi connectivity index (χ1v) is 16.3. The Morgan fingerprint density at radius 3 is 2.45 bits per heavy atom. The molecule has 0 amide bonds. The Hall–Kier alpha value is -3.23. The number of thiazole rings is 1. The lowest BCUT2D eigenvalue weighted by Crippen LogP contribution is -2.38. The fourth-order valence-corrected chi connectivity index (χ4v) is 8.32. The Bertz CT molecular complexity index is 2040. The summed E-state index contributed by atoms with van der Waals surface area (Å²) in [5.41, 5.74) is 7.50. The van der Waals surface area contributed by atoms with Crippen LogP contribution in [0.15, 0.2) is 115 Å². The molecular formula is C34H23Br2ClN2O2S. The van der Waals surface area contributed by atoms with Gasteiger partial charge in [0.2, 0.25) is 0 Å². The van der Waals surface area contributed by atoms with Crippen molar-refractivity contribution in [2.24, 2.45) is 4.99 Å². The number of rotatable bonds is 5. The van der Waals surface area contributed by atoms with Gasteiger partial charge in [-0.2, -0.15) is 0 Å². The second-order valence-corrected chi connectivity index (χ2v) is 13.3. The number of nitrogens with zero attached hydrogens (tertiary/aromatic N) is 2. The molecule has 0 unspecified atom stereocenters. The van der Waals surface area contributed by atoms with Gasteiger partial charge in [-0.05, 0) is 91.2 Å². The SMILES string of the molecule is O=c1/c(=C\c2cc(Br)c(OCc3ccccc3Cl)c(Br)c2)sc2n1[C@H](c1ccccc1)C1=C(N=2)c2ccccc2CC1. The summed E-state index contributed by atoms with van der Waals surface area (Å²) >= 11 is 15.1. The average molecular weight is 719 g/mol. The molecule has 0 fully saturated rings. The summed E-state index contributed by atoms with van der Waals surface area (Å²) in [5.74, 6) is 0.670. The fraction of sp³-hybridized carbons (Fsp3) is 0.118. The van der Waals surface area contributed by atoms with Crippen LogP contribution in [0, 0.1) is 0 Å². The predicted octanol–water partition coefficient (Wildman–Crippen LogP) is 8.08. The maximum atomic E-state index is 14.0. The fourth-order valence-electron chi connectivity index (χ4n) is 5.68. The summed E-state index contributed by atoms with van der Waals surface area (Å²) in [7, 11) is 0. The zero-order valence-corrected chi connectivity index (χ0v) is 26.9. The quantitative estimate of drug-likeness (QED) is 0.185. The van der Waals surface area contributed by atoms with E-state index in [0.29, 0.717) is 26.7 Å². The lowest BCUT2D eigenvalue weighted by Gasteiger charge is -2.30. The van der Waals surface area contributed by atoms with Gasteiger partial charge in [-0.15, -0.1) is 0 Å². The number of ether oxygens (including phenoxy) is 1. The highest BCUT2D eigenvalue weighted by molar-refractivity contribution is 9.11. The van der Waals surface area contributed by atoms with Gasteiger partial charge in [-0.1, -0.05) is 95.7 Å². The monoisotopic (exact) mass is 716 g/mol. The van der Waals surface area contributed by atoms with E-state index in [2.05, 4.69) is 68.3 Å². The number of halogens is 3. The summed E-state index contributed by atoms with van der Waals surface area (Å²) in [5, 5.41) is 0.663. The summed E-state index contributed by atoms with van der Waals surface area (Å²) in [4.78, 5) is 19.9. The number of aromatic nitrogens is 1. The molecule has 0 N–H and O–H groups in total. The number of benzene rings is 4. The number of hydrogen-bond donors (Lipinski definition) is 0. The molecule has 42 heavy (non-hydrogen) atoms. The lowest BCUT2D eigenvalue weighted by molar-refractivity contribution is 0.302. The third-order valence-electron chi connectivity index (χ3n) is 7.64. The molecule has 7 rings (SSSR count). The normalized spacial score (nSPS) is 16.0. The maximum Gasteiger partial charge on any atom is 0.271 e. The van der Waals surface area contributed by atoms with Gasteiger partial charge < -0.3 is 4.74 Å². The van der Waals surface area contributed by atoms with Crippen molar-refractivity contribution in [3.8, 4) is 5.75 Å². The van der Waals surface area contributed by atoms with Crippen LogP contribution < -0.4 is 19.6 Å². The third kappa shape index (κ3) is 5.02. The minimum absolute atomic E-state index is 0.0377. The number of aryl methyl sites for hydroxylation is 1. The highest BCUT2D eigenvalue weighted by atomic mass is 79.9. The minimum atomic E-state index is -0.188. The Morgan fingerprint density at radius 1 is 0.952 bits per heavy atom. The molecule has 0 radical (unpaired) electrons. The minimum Gasteiger partial charge on any atom is -0.486 e. The van der Waals surface area contributed by atoms with E-state index >= 15 is 0 Å². The molecule has 2 aliphatic rings. The molecule has 1 aliphatic heterocycles. The molecule has 0 spiro atoms. The van der Waals surface area contributed by atoms with E-state index in [9.17, 15) is 4.79 Å². The van der Waals surface area contributed by atoms with Crippen molar-refractivity contribution in [3.05, 3.63) is 158 Å². The van der Waals surface area contributed by atoms with E-state index < -0.39 is 0 Å². The van der Waals surface area contributed by atoms with E-state index in [4.69, 9.17) is 21.3 Å². The van der Waals surface area contributed by atoms with Crippen molar-refractivity contribution < 1.29 is 4.74 Å². The van der Waals surface area contributed by atoms with Crippen LogP contribution in [0.3, 0.4) is 0 Å². The number of allylic oxidation sites excluding steroid dienone is 1. The first-order chi connectivity index (χ1) is 20.5. The summed E-state index contributed by atoms with van der Waals surface area (Å²) in [6.07, 6.45) is 3.73. The number of hydrogen-bond acceptors (Lipinski definition) is 4. The zero-order valence-electron chi connectivity index (χ0n) is 22.2. The van der Waals surface area contributed by atoms with Crippen LogP contribution in [-0.2, 0) is 13.0 Å². The van der Waals surface area contributed by atoms with Crippen LogP contribution >= 0.6 is 54.8 Å². The average Bonchev–Trinajstić information content (AvgIpc) is 3.30. The third-order valence-corrected chi connectivity index (χ3v) is 10.2. The molecule has 5 aromatic rings. The molecule has 2 heterocycles. The van der Waals surface area contributed by atoms with Crippen molar-refractivity contribution in [2.45, 2.75) is 25.5 Å². The first-order valence-electron chi connectivity index (χ1n) is 13.5. The van der Waals surface area contributed by atoms with Crippen molar-refractivity contribution in [1.29, 1.82) is 0 Å². The van der Waals surface area contributed by atoms with Crippen LogP contribution in [0.1, 0.15) is 40.3 Å². The highest BCUT2D eigenvalue weighted by Gasteiger charge is 2.32. The van der Waals surface area contributed by atoms with Gasteiger partial charge >= 0.3 is 0 Å². The van der Waals surface area contributed by atoms with E-state index in [1.807, 2.05) is 65.2 Å². The van der Waals surface area contributed by atoms with Crippen molar-refractivity contribution in [3.63, 3.8) is 0 Å². The molecule has 208 valence electrons. The molecule has 4 aromatic carbocycles. The van der Waals surface area contributed by atoms with Crippen molar-refractivity contribution >= 4 is 66.6 Å². The van der Waals surface area contributed by atoms with E-state index in [1.54, 1.807) is 0 Å². The number of fused-ring (bicyclic) bond motifs is 3. The molecule has 0 saturated carbocycles. The van der Waals surface area contributed by atoms with E-state index in [-0.39, 0.29) is 11.6 Å². The van der Waals surface area contributed by atoms with Crippen LogP contribution in [0.5, 0.6) is 5.75 Å². The molecule has 1 aromatic heterocycles. The maximum absolute atomic E-state index is 14.0. The Balaban J connectivity index is 1.31. The van der Waals surface area contributed by atoms with Gasteiger partial charge in [0, 0.05) is 16.1 Å². The molecule has 8 heteroatoms. The van der Waals surface area contributed by atoms with E-state index in [1.165, 1.54) is 22.5 Å². The van der Waals surface area contributed by atoms with E-state index in [0.717, 1.165) is 49.7 Å².